The Labute approximate surface area is 133 Å². The number of nitrogens with two attached hydrogens (primary N) is 1. The van der Waals surface area contributed by atoms with Gasteiger partial charge < -0.3 is 16.0 Å². The van der Waals surface area contributed by atoms with Crippen LogP contribution >= 0.6 is 24.8 Å². The molecule has 0 bridgehead atoms. The van der Waals surface area contributed by atoms with Crippen LogP contribution in [0.3, 0.4) is 0 Å². The van der Waals surface area contributed by atoms with Gasteiger partial charge in [0.15, 0.2) is 0 Å². The fourth-order valence-electron chi connectivity index (χ4n) is 1.48. The van der Waals surface area contributed by atoms with Crippen molar-refractivity contribution in [3.8, 4) is 0 Å². The molecule has 0 aliphatic rings. The third-order valence-corrected chi connectivity index (χ3v) is 2.87. The van der Waals surface area contributed by atoms with Crippen molar-refractivity contribution in [2.24, 2.45) is 11.7 Å². The van der Waals surface area contributed by atoms with E-state index < -0.39 is 0 Å². The summed E-state index contributed by atoms with van der Waals surface area (Å²) in [6.45, 7) is 3.21. The first kappa shape index (κ1) is 21.5. The molecule has 0 aliphatic carbocycles. The van der Waals surface area contributed by atoms with Gasteiger partial charge in [-0.25, -0.2) is 0 Å². The van der Waals surface area contributed by atoms with Gasteiger partial charge >= 0.3 is 0 Å². The number of carbonyl (C=O) groups excluding carboxylic acids is 1. The van der Waals surface area contributed by atoms with Crippen LogP contribution in [0.1, 0.15) is 12.5 Å². The third-order valence-electron chi connectivity index (χ3n) is 2.87. The first-order chi connectivity index (χ1) is 8.52. The highest BCUT2D eigenvalue weighted by atomic mass is 35.5. The summed E-state index contributed by atoms with van der Waals surface area (Å²) in [5, 5.41) is 2.86. The number of nitrogens with zero attached hydrogens (tertiary/aromatic N) is 1. The molecular formula is C14H25Cl2N3O. The van der Waals surface area contributed by atoms with E-state index in [-0.39, 0.29) is 36.6 Å². The fraction of sp³-hybridized carbons (Fsp3) is 0.500. The molecule has 0 saturated carbocycles. The molecule has 1 aromatic rings. The molecule has 1 amide bonds. The molecule has 20 heavy (non-hydrogen) atoms. The molecule has 3 N–H and O–H groups in total. The van der Waals surface area contributed by atoms with Crippen molar-refractivity contribution in [2.75, 3.05) is 32.5 Å². The average molecular weight is 322 g/mol. The van der Waals surface area contributed by atoms with E-state index in [2.05, 4.69) is 24.3 Å². The third kappa shape index (κ3) is 7.70. The van der Waals surface area contributed by atoms with Gasteiger partial charge in [0.1, 0.15) is 0 Å². The van der Waals surface area contributed by atoms with Crippen molar-refractivity contribution >= 4 is 36.4 Å². The van der Waals surface area contributed by atoms with Crippen molar-refractivity contribution in [1.29, 1.82) is 0 Å². The molecule has 0 heterocycles. The van der Waals surface area contributed by atoms with Crippen LogP contribution in [0, 0.1) is 5.92 Å². The summed E-state index contributed by atoms with van der Waals surface area (Å²) in [6, 6.07) is 7.97. The number of nitrogens with one attached hydrogen (secondary N) is 1. The maximum atomic E-state index is 11.6. The molecule has 0 aliphatic heterocycles. The molecule has 0 fully saturated rings. The minimum absolute atomic E-state index is 0. The standard InChI is InChI=1S/C14H23N3O.2ClH/c1-11(10-15)14(18)16-13-6-4-12(5-7-13)8-9-17(2)3;;/h4-7,11H,8-10,15H2,1-3H3,(H,16,18);2*1H. The van der Waals surface area contributed by atoms with E-state index >= 15 is 0 Å². The number of rotatable bonds is 6. The monoisotopic (exact) mass is 321 g/mol. The Kier molecular flexibility index (Phi) is 11.7. The Morgan fingerprint density at radius 1 is 1.25 bits per heavy atom. The van der Waals surface area contributed by atoms with Crippen LogP contribution in [-0.4, -0.2) is 38.0 Å². The summed E-state index contributed by atoms with van der Waals surface area (Å²) in [6.07, 6.45) is 1.01. The van der Waals surface area contributed by atoms with Crippen molar-refractivity contribution in [3.63, 3.8) is 0 Å². The van der Waals surface area contributed by atoms with Gasteiger partial charge in [-0.1, -0.05) is 19.1 Å². The van der Waals surface area contributed by atoms with E-state index in [0.717, 1.165) is 18.7 Å². The smallest absolute Gasteiger partial charge is 0.228 e. The highest BCUT2D eigenvalue weighted by molar-refractivity contribution is 5.92. The maximum absolute atomic E-state index is 11.6. The molecule has 0 spiro atoms. The minimum atomic E-state index is -0.154. The van der Waals surface area contributed by atoms with Crippen molar-refractivity contribution in [2.45, 2.75) is 13.3 Å². The number of anilines is 1. The summed E-state index contributed by atoms with van der Waals surface area (Å²) in [7, 11) is 4.12. The van der Waals surface area contributed by atoms with Gasteiger partial charge in [0, 0.05) is 24.7 Å². The molecule has 4 nitrogen and oxygen atoms in total. The van der Waals surface area contributed by atoms with Crippen molar-refractivity contribution in [3.05, 3.63) is 29.8 Å². The zero-order valence-electron chi connectivity index (χ0n) is 12.3. The second-order valence-electron chi connectivity index (χ2n) is 4.88. The van der Waals surface area contributed by atoms with Crippen LogP contribution in [0.2, 0.25) is 0 Å². The Morgan fingerprint density at radius 3 is 2.25 bits per heavy atom. The molecule has 1 rings (SSSR count). The van der Waals surface area contributed by atoms with Gasteiger partial charge in [0.2, 0.25) is 5.91 Å². The van der Waals surface area contributed by atoms with Gasteiger partial charge in [-0.3, -0.25) is 4.79 Å². The first-order valence-corrected chi connectivity index (χ1v) is 6.27. The summed E-state index contributed by atoms with van der Waals surface area (Å²) >= 11 is 0. The number of hydrogen-bond acceptors (Lipinski definition) is 3. The zero-order valence-corrected chi connectivity index (χ0v) is 13.9. The molecular weight excluding hydrogens is 297 g/mol. The van der Waals surface area contributed by atoms with Crippen LogP contribution < -0.4 is 11.1 Å². The Morgan fingerprint density at radius 2 is 1.80 bits per heavy atom. The molecule has 0 saturated heterocycles. The van der Waals surface area contributed by atoms with E-state index in [1.165, 1.54) is 5.56 Å². The Bertz CT molecular complexity index is 383. The summed E-state index contributed by atoms with van der Waals surface area (Å²) < 4.78 is 0. The average Bonchev–Trinajstić information content (AvgIpc) is 2.36. The molecule has 6 heteroatoms. The number of halogens is 2. The van der Waals surface area contributed by atoms with Gasteiger partial charge in [0.25, 0.3) is 0 Å². The Balaban J connectivity index is 0. The fourth-order valence-corrected chi connectivity index (χ4v) is 1.48. The minimum Gasteiger partial charge on any atom is -0.330 e. The van der Waals surface area contributed by atoms with Crippen LogP contribution in [0.15, 0.2) is 24.3 Å². The topological polar surface area (TPSA) is 58.4 Å². The van der Waals surface area contributed by atoms with Crippen LogP contribution in [0.4, 0.5) is 5.69 Å². The predicted molar refractivity (Wildman–Crippen MR) is 90.0 cm³/mol. The van der Waals surface area contributed by atoms with Crippen LogP contribution in [0.5, 0.6) is 0 Å². The second kappa shape index (κ2) is 10.9. The normalized spacial score (nSPS) is 11.2. The quantitative estimate of drug-likeness (QED) is 0.844. The molecule has 1 unspecified atom stereocenters. The van der Waals surface area contributed by atoms with Gasteiger partial charge in [0.05, 0.1) is 0 Å². The van der Waals surface area contributed by atoms with Crippen molar-refractivity contribution < 1.29 is 4.79 Å². The molecule has 0 aromatic heterocycles. The van der Waals surface area contributed by atoms with E-state index in [0.29, 0.717) is 6.54 Å². The number of hydrogen-bond donors (Lipinski definition) is 2. The highest BCUT2D eigenvalue weighted by Gasteiger charge is 2.10. The number of carbonyl (C=O) groups is 1. The Hall–Kier alpha value is -0.810. The lowest BCUT2D eigenvalue weighted by Gasteiger charge is -2.11. The van der Waals surface area contributed by atoms with Gasteiger partial charge in [-0.05, 0) is 38.2 Å². The van der Waals surface area contributed by atoms with E-state index in [1.807, 2.05) is 31.2 Å². The number of likely N-dealkylation sites (N-methyl/N-ethyl adjacent to an activating group) is 1. The highest BCUT2D eigenvalue weighted by Crippen LogP contribution is 2.11. The molecule has 0 radical (unpaired) electrons. The molecule has 1 atom stereocenters. The lowest BCUT2D eigenvalue weighted by atomic mass is 10.1. The van der Waals surface area contributed by atoms with E-state index in [9.17, 15) is 4.79 Å². The summed E-state index contributed by atoms with van der Waals surface area (Å²) in [5.41, 5.74) is 7.55. The van der Waals surface area contributed by atoms with Crippen LogP contribution in [-0.2, 0) is 11.2 Å². The maximum Gasteiger partial charge on any atom is 0.228 e. The first-order valence-electron chi connectivity index (χ1n) is 6.27. The number of amides is 1. The summed E-state index contributed by atoms with van der Waals surface area (Å²) in [5.74, 6) is -0.183. The van der Waals surface area contributed by atoms with Gasteiger partial charge in [-0.2, -0.15) is 0 Å². The molecule has 116 valence electrons. The van der Waals surface area contributed by atoms with Crippen LogP contribution in [0.25, 0.3) is 0 Å². The van der Waals surface area contributed by atoms with E-state index in [4.69, 9.17) is 5.73 Å². The lowest BCUT2D eigenvalue weighted by Crippen LogP contribution is -2.26. The number of benzene rings is 1. The van der Waals surface area contributed by atoms with Gasteiger partial charge in [-0.15, -0.1) is 24.8 Å². The lowest BCUT2D eigenvalue weighted by molar-refractivity contribution is -0.119. The SMILES string of the molecule is CC(CN)C(=O)Nc1ccc(CCN(C)C)cc1.Cl.Cl. The second-order valence-corrected chi connectivity index (χ2v) is 4.88. The van der Waals surface area contributed by atoms with Crippen molar-refractivity contribution in [1.82, 2.24) is 4.90 Å². The zero-order chi connectivity index (χ0) is 13.5. The molecule has 1 aromatic carbocycles. The predicted octanol–water partition coefficient (Wildman–Crippen LogP) is 2.17. The largest absolute Gasteiger partial charge is 0.330 e. The van der Waals surface area contributed by atoms with E-state index in [1.54, 1.807) is 0 Å². The summed E-state index contributed by atoms with van der Waals surface area (Å²) in [4.78, 5) is 13.8.